The number of nitrogens with zero attached hydrogens (tertiary/aromatic N) is 1. The number of likely N-dealkylation sites (tertiary alicyclic amines) is 1. The van der Waals surface area contributed by atoms with E-state index in [4.69, 9.17) is 4.74 Å². The fraction of sp³-hybridized carbons (Fsp3) is 1.00. The molecule has 2 aliphatic rings. The van der Waals surface area contributed by atoms with E-state index in [2.05, 4.69) is 46.4 Å². The van der Waals surface area contributed by atoms with E-state index in [0.717, 1.165) is 13.2 Å². The van der Waals surface area contributed by atoms with Crippen LogP contribution in [0.5, 0.6) is 0 Å². The van der Waals surface area contributed by atoms with E-state index in [1.165, 1.54) is 19.5 Å². The molecule has 0 amide bonds. The van der Waals surface area contributed by atoms with E-state index in [-0.39, 0.29) is 0 Å². The molecule has 17 heavy (non-hydrogen) atoms. The van der Waals surface area contributed by atoms with Crippen molar-refractivity contribution in [1.82, 2.24) is 4.90 Å². The summed E-state index contributed by atoms with van der Waals surface area (Å²) in [6, 6.07) is 0. The Morgan fingerprint density at radius 2 is 1.76 bits per heavy atom. The average molecular weight is 239 g/mol. The van der Waals surface area contributed by atoms with Crippen LogP contribution in [0.4, 0.5) is 0 Å². The Balaban J connectivity index is 2.16. The number of ether oxygens (including phenoxy) is 1. The predicted octanol–water partition coefficient (Wildman–Crippen LogP) is 3.17. The zero-order chi connectivity index (χ0) is 12.9. The van der Waals surface area contributed by atoms with Crippen molar-refractivity contribution in [3.63, 3.8) is 0 Å². The molecule has 2 nitrogen and oxygen atoms in total. The van der Waals surface area contributed by atoms with Gasteiger partial charge >= 0.3 is 0 Å². The molecule has 2 atom stereocenters. The van der Waals surface area contributed by atoms with Gasteiger partial charge in [-0.1, -0.05) is 20.8 Å². The van der Waals surface area contributed by atoms with E-state index in [0.29, 0.717) is 22.3 Å². The van der Waals surface area contributed by atoms with Gasteiger partial charge in [-0.2, -0.15) is 0 Å². The molecule has 0 aromatic heterocycles. The maximum atomic E-state index is 5.86. The smallest absolute Gasteiger partial charge is 0.0539 e. The van der Waals surface area contributed by atoms with E-state index in [1.54, 1.807) is 0 Å². The van der Waals surface area contributed by atoms with Crippen LogP contribution in [0.25, 0.3) is 0 Å². The highest BCUT2D eigenvalue weighted by Gasteiger charge is 2.53. The average Bonchev–Trinajstić information content (AvgIpc) is 2.71. The molecule has 2 aliphatic heterocycles. The molecule has 2 unspecified atom stereocenters. The molecule has 2 heterocycles. The van der Waals surface area contributed by atoms with Gasteiger partial charge in [0.25, 0.3) is 0 Å². The molecular weight excluding hydrogens is 210 g/mol. The van der Waals surface area contributed by atoms with Crippen LogP contribution < -0.4 is 0 Å². The third kappa shape index (κ3) is 2.39. The Bertz CT molecular complexity index is 286. The lowest BCUT2D eigenvalue weighted by atomic mass is 9.65. The summed E-state index contributed by atoms with van der Waals surface area (Å²) in [7, 11) is 0. The first kappa shape index (κ1) is 13.4. The van der Waals surface area contributed by atoms with Gasteiger partial charge in [0.15, 0.2) is 0 Å². The molecule has 0 aliphatic carbocycles. The first-order chi connectivity index (χ1) is 7.65. The summed E-state index contributed by atoms with van der Waals surface area (Å²) < 4.78 is 5.86. The van der Waals surface area contributed by atoms with Crippen LogP contribution in [-0.2, 0) is 4.74 Å². The molecule has 1 spiro atoms. The molecule has 0 aromatic rings. The highest BCUT2D eigenvalue weighted by atomic mass is 16.5. The topological polar surface area (TPSA) is 12.5 Å². The molecule has 2 rings (SSSR count). The van der Waals surface area contributed by atoms with E-state index in [9.17, 15) is 0 Å². The summed E-state index contributed by atoms with van der Waals surface area (Å²) in [5.41, 5.74) is 1.09. The molecular formula is C15H29NO. The maximum absolute atomic E-state index is 5.86. The molecule has 0 aromatic carbocycles. The van der Waals surface area contributed by atoms with E-state index < -0.39 is 0 Å². The van der Waals surface area contributed by atoms with E-state index in [1.807, 2.05) is 0 Å². The molecule has 0 N–H and O–H groups in total. The predicted molar refractivity (Wildman–Crippen MR) is 72.1 cm³/mol. The summed E-state index contributed by atoms with van der Waals surface area (Å²) in [5, 5.41) is 0. The number of rotatable bonds is 0. The van der Waals surface area contributed by atoms with Crippen LogP contribution in [0, 0.1) is 16.7 Å². The lowest BCUT2D eigenvalue weighted by Gasteiger charge is -2.40. The summed E-state index contributed by atoms with van der Waals surface area (Å²) in [6.45, 7) is 18.5. The van der Waals surface area contributed by atoms with Crippen molar-refractivity contribution < 1.29 is 4.74 Å². The van der Waals surface area contributed by atoms with E-state index >= 15 is 0 Å². The number of hydrogen-bond donors (Lipinski definition) is 0. The van der Waals surface area contributed by atoms with Gasteiger partial charge < -0.3 is 4.74 Å². The minimum atomic E-state index is 0.300. The first-order valence-corrected chi connectivity index (χ1v) is 6.98. The van der Waals surface area contributed by atoms with Gasteiger partial charge in [-0.25, -0.2) is 0 Å². The molecule has 100 valence electrons. The molecule has 2 fully saturated rings. The third-order valence-corrected chi connectivity index (χ3v) is 4.79. The second-order valence-corrected chi connectivity index (χ2v) is 8.14. The van der Waals surface area contributed by atoms with Crippen molar-refractivity contribution in [2.45, 2.75) is 53.5 Å². The van der Waals surface area contributed by atoms with Gasteiger partial charge in [0.05, 0.1) is 13.2 Å². The highest BCUT2D eigenvalue weighted by Crippen LogP contribution is 2.51. The van der Waals surface area contributed by atoms with Gasteiger partial charge in [-0.3, -0.25) is 4.90 Å². The summed E-state index contributed by atoms with van der Waals surface area (Å²) in [4.78, 5) is 2.64. The summed E-state index contributed by atoms with van der Waals surface area (Å²) >= 11 is 0. The lowest BCUT2D eigenvalue weighted by Crippen LogP contribution is -2.44. The fourth-order valence-corrected chi connectivity index (χ4v) is 3.70. The van der Waals surface area contributed by atoms with Gasteiger partial charge in [-0.05, 0) is 45.1 Å². The summed E-state index contributed by atoms with van der Waals surface area (Å²) in [5.74, 6) is 0.711. The Morgan fingerprint density at radius 3 is 2.24 bits per heavy atom. The maximum Gasteiger partial charge on any atom is 0.0539 e. The lowest BCUT2D eigenvalue weighted by molar-refractivity contribution is 0.0875. The first-order valence-electron chi connectivity index (χ1n) is 6.98. The minimum absolute atomic E-state index is 0.300. The van der Waals surface area contributed by atoms with Crippen LogP contribution in [0.15, 0.2) is 0 Å². The van der Waals surface area contributed by atoms with Crippen LogP contribution >= 0.6 is 0 Å². The van der Waals surface area contributed by atoms with Crippen LogP contribution in [-0.4, -0.2) is 36.7 Å². The van der Waals surface area contributed by atoms with Gasteiger partial charge in [0, 0.05) is 17.5 Å². The molecule has 0 bridgehead atoms. The SMILES string of the molecule is CC(C)(C)C1COCC12CCN(C(C)(C)C)C2. The Morgan fingerprint density at radius 1 is 1.12 bits per heavy atom. The van der Waals surface area contributed by atoms with Crippen LogP contribution in [0.3, 0.4) is 0 Å². The number of hydrogen-bond acceptors (Lipinski definition) is 2. The minimum Gasteiger partial charge on any atom is -0.380 e. The molecule has 2 saturated heterocycles. The standard InChI is InChI=1S/C15H29NO/c1-13(2,3)12-9-17-11-15(12)7-8-16(10-15)14(4,5)6/h12H,7-11H2,1-6H3. The Labute approximate surface area is 107 Å². The highest BCUT2D eigenvalue weighted by molar-refractivity contribution is 5.03. The Hall–Kier alpha value is -0.0800. The molecule has 0 radical (unpaired) electrons. The quantitative estimate of drug-likeness (QED) is 0.644. The van der Waals surface area contributed by atoms with Crippen LogP contribution in [0.1, 0.15) is 48.0 Å². The second-order valence-electron chi connectivity index (χ2n) is 8.14. The normalized spacial score (nSPS) is 36.0. The zero-order valence-electron chi connectivity index (χ0n) is 12.5. The van der Waals surface area contributed by atoms with Gasteiger partial charge in [0.2, 0.25) is 0 Å². The fourth-order valence-electron chi connectivity index (χ4n) is 3.70. The zero-order valence-corrected chi connectivity index (χ0v) is 12.5. The van der Waals surface area contributed by atoms with Crippen molar-refractivity contribution in [3.8, 4) is 0 Å². The van der Waals surface area contributed by atoms with Crippen molar-refractivity contribution in [3.05, 3.63) is 0 Å². The van der Waals surface area contributed by atoms with Crippen molar-refractivity contribution >= 4 is 0 Å². The van der Waals surface area contributed by atoms with Crippen molar-refractivity contribution in [1.29, 1.82) is 0 Å². The van der Waals surface area contributed by atoms with Gasteiger partial charge in [0.1, 0.15) is 0 Å². The van der Waals surface area contributed by atoms with Crippen molar-refractivity contribution in [2.75, 3.05) is 26.3 Å². The molecule has 2 heteroatoms. The molecule has 0 saturated carbocycles. The largest absolute Gasteiger partial charge is 0.380 e. The Kier molecular flexibility index (Phi) is 3.11. The third-order valence-electron chi connectivity index (χ3n) is 4.79. The van der Waals surface area contributed by atoms with Gasteiger partial charge in [-0.15, -0.1) is 0 Å². The monoisotopic (exact) mass is 239 g/mol. The summed E-state index contributed by atoms with van der Waals surface area (Å²) in [6.07, 6.45) is 1.31. The second kappa shape index (κ2) is 3.96. The van der Waals surface area contributed by atoms with Crippen LogP contribution in [0.2, 0.25) is 0 Å². The van der Waals surface area contributed by atoms with Crippen molar-refractivity contribution in [2.24, 2.45) is 16.7 Å².